The third kappa shape index (κ3) is 3.00. The SMILES string of the molecule is Cc1cnccc1CNc1c(Cl)cc(N)cc1C(N)=O. The number of halogens is 1. The lowest BCUT2D eigenvalue weighted by Gasteiger charge is -2.14. The number of carbonyl (C=O) groups is 1. The Morgan fingerprint density at radius 1 is 1.45 bits per heavy atom. The largest absolute Gasteiger partial charge is 0.399 e. The third-order valence-corrected chi connectivity index (χ3v) is 3.27. The highest BCUT2D eigenvalue weighted by Crippen LogP contribution is 2.29. The van der Waals surface area contributed by atoms with Crippen molar-refractivity contribution in [1.29, 1.82) is 0 Å². The number of nitrogen functional groups attached to an aromatic ring is 1. The zero-order valence-electron chi connectivity index (χ0n) is 11.0. The molecular weight excluding hydrogens is 276 g/mol. The van der Waals surface area contributed by atoms with Crippen molar-refractivity contribution in [2.45, 2.75) is 13.5 Å². The Morgan fingerprint density at radius 3 is 2.85 bits per heavy atom. The van der Waals surface area contributed by atoms with Gasteiger partial charge in [-0.3, -0.25) is 9.78 Å². The van der Waals surface area contributed by atoms with Crippen molar-refractivity contribution in [3.05, 3.63) is 52.3 Å². The number of nitrogens with two attached hydrogens (primary N) is 2. The van der Waals surface area contributed by atoms with Crippen LogP contribution in [0, 0.1) is 6.92 Å². The fourth-order valence-corrected chi connectivity index (χ4v) is 2.18. The van der Waals surface area contributed by atoms with E-state index in [1.165, 1.54) is 6.07 Å². The Balaban J connectivity index is 2.30. The van der Waals surface area contributed by atoms with Gasteiger partial charge in [-0.1, -0.05) is 11.6 Å². The van der Waals surface area contributed by atoms with Gasteiger partial charge in [0.2, 0.25) is 0 Å². The molecule has 0 atom stereocenters. The van der Waals surface area contributed by atoms with Crippen molar-refractivity contribution in [1.82, 2.24) is 4.98 Å². The zero-order chi connectivity index (χ0) is 14.7. The summed E-state index contributed by atoms with van der Waals surface area (Å²) in [5, 5.41) is 3.50. The minimum atomic E-state index is -0.576. The normalized spacial score (nSPS) is 10.3. The lowest BCUT2D eigenvalue weighted by atomic mass is 10.1. The van der Waals surface area contributed by atoms with Gasteiger partial charge < -0.3 is 16.8 Å². The predicted molar refractivity (Wildman–Crippen MR) is 80.7 cm³/mol. The molecule has 104 valence electrons. The minimum absolute atomic E-state index is 0.279. The van der Waals surface area contributed by atoms with Gasteiger partial charge in [0.25, 0.3) is 5.91 Å². The quantitative estimate of drug-likeness (QED) is 0.753. The van der Waals surface area contributed by atoms with Crippen molar-refractivity contribution in [2.75, 3.05) is 11.1 Å². The van der Waals surface area contributed by atoms with Gasteiger partial charge in [0.05, 0.1) is 16.3 Å². The smallest absolute Gasteiger partial charge is 0.250 e. The molecule has 0 bridgehead atoms. The van der Waals surface area contributed by atoms with Gasteiger partial charge in [-0.05, 0) is 36.2 Å². The van der Waals surface area contributed by atoms with Gasteiger partial charge in [0.1, 0.15) is 0 Å². The molecule has 2 aromatic rings. The first-order valence-corrected chi connectivity index (χ1v) is 6.39. The Kier molecular flexibility index (Phi) is 4.10. The predicted octanol–water partition coefficient (Wildman–Crippen LogP) is 2.34. The number of hydrogen-bond donors (Lipinski definition) is 3. The first kappa shape index (κ1) is 14.1. The Morgan fingerprint density at radius 2 is 2.20 bits per heavy atom. The number of anilines is 2. The van der Waals surface area contributed by atoms with Gasteiger partial charge in [-0.2, -0.15) is 0 Å². The van der Waals surface area contributed by atoms with Crippen LogP contribution in [-0.4, -0.2) is 10.9 Å². The summed E-state index contributed by atoms with van der Waals surface area (Å²) < 4.78 is 0. The van der Waals surface area contributed by atoms with Crippen molar-refractivity contribution in [2.24, 2.45) is 5.73 Å². The highest BCUT2D eigenvalue weighted by Gasteiger charge is 2.13. The van der Waals surface area contributed by atoms with E-state index in [9.17, 15) is 4.79 Å². The minimum Gasteiger partial charge on any atom is -0.399 e. The second-order valence-corrected chi connectivity index (χ2v) is 4.85. The average Bonchev–Trinajstić information content (AvgIpc) is 2.38. The number of aromatic nitrogens is 1. The van der Waals surface area contributed by atoms with Crippen LogP contribution in [0.25, 0.3) is 0 Å². The monoisotopic (exact) mass is 290 g/mol. The number of nitrogens with zero attached hydrogens (tertiary/aromatic N) is 1. The lowest BCUT2D eigenvalue weighted by Crippen LogP contribution is -2.15. The van der Waals surface area contributed by atoms with E-state index in [0.29, 0.717) is 22.9 Å². The molecule has 0 saturated heterocycles. The zero-order valence-corrected chi connectivity index (χ0v) is 11.7. The number of amides is 1. The molecule has 0 spiro atoms. The summed E-state index contributed by atoms with van der Waals surface area (Å²) in [5.74, 6) is -0.576. The topological polar surface area (TPSA) is 94.0 Å². The maximum absolute atomic E-state index is 11.5. The fourth-order valence-electron chi connectivity index (χ4n) is 1.89. The van der Waals surface area contributed by atoms with Gasteiger partial charge in [0.15, 0.2) is 0 Å². The molecule has 0 fully saturated rings. The van der Waals surface area contributed by atoms with E-state index in [2.05, 4.69) is 10.3 Å². The van der Waals surface area contributed by atoms with E-state index in [-0.39, 0.29) is 5.56 Å². The van der Waals surface area contributed by atoms with E-state index in [1.807, 2.05) is 13.0 Å². The van der Waals surface area contributed by atoms with Crippen LogP contribution in [0.1, 0.15) is 21.5 Å². The van der Waals surface area contributed by atoms with E-state index in [0.717, 1.165) is 11.1 Å². The van der Waals surface area contributed by atoms with Crippen LogP contribution >= 0.6 is 11.6 Å². The van der Waals surface area contributed by atoms with Gasteiger partial charge >= 0.3 is 0 Å². The van der Waals surface area contributed by atoms with Crippen molar-refractivity contribution < 1.29 is 4.79 Å². The average molecular weight is 291 g/mol. The van der Waals surface area contributed by atoms with Gasteiger partial charge in [0, 0.05) is 24.6 Å². The van der Waals surface area contributed by atoms with Crippen LogP contribution in [0.3, 0.4) is 0 Å². The molecule has 0 aliphatic heterocycles. The molecule has 0 radical (unpaired) electrons. The molecule has 5 N–H and O–H groups in total. The number of nitrogens with one attached hydrogen (secondary N) is 1. The molecule has 5 nitrogen and oxygen atoms in total. The Bertz CT molecular complexity index is 658. The second-order valence-electron chi connectivity index (χ2n) is 4.45. The Labute approximate surface area is 121 Å². The molecule has 20 heavy (non-hydrogen) atoms. The molecule has 0 unspecified atom stereocenters. The molecule has 1 amide bonds. The number of aryl methyl sites for hydroxylation is 1. The van der Waals surface area contributed by atoms with Crippen LogP contribution in [0.4, 0.5) is 11.4 Å². The summed E-state index contributed by atoms with van der Waals surface area (Å²) in [6.07, 6.45) is 3.49. The molecule has 0 saturated carbocycles. The molecule has 0 aliphatic carbocycles. The van der Waals surface area contributed by atoms with E-state index < -0.39 is 5.91 Å². The molecule has 1 aromatic heterocycles. The molecular formula is C14H15ClN4O. The van der Waals surface area contributed by atoms with Crippen molar-refractivity contribution in [3.8, 4) is 0 Å². The fraction of sp³-hybridized carbons (Fsp3) is 0.143. The molecule has 1 heterocycles. The van der Waals surface area contributed by atoms with Gasteiger partial charge in [-0.15, -0.1) is 0 Å². The number of carbonyl (C=O) groups excluding carboxylic acids is 1. The van der Waals surface area contributed by atoms with Crippen molar-refractivity contribution in [3.63, 3.8) is 0 Å². The molecule has 6 heteroatoms. The number of benzene rings is 1. The highest BCUT2D eigenvalue weighted by molar-refractivity contribution is 6.34. The number of rotatable bonds is 4. The summed E-state index contributed by atoms with van der Waals surface area (Å²) in [4.78, 5) is 15.5. The van der Waals surface area contributed by atoms with Crippen LogP contribution in [0.5, 0.6) is 0 Å². The second kappa shape index (κ2) is 5.79. The van der Waals surface area contributed by atoms with Gasteiger partial charge in [-0.25, -0.2) is 0 Å². The molecule has 1 aromatic carbocycles. The third-order valence-electron chi connectivity index (χ3n) is 2.97. The summed E-state index contributed by atoms with van der Waals surface area (Å²) in [6.45, 7) is 2.47. The molecule has 0 aliphatic rings. The van der Waals surface area contributed by atoms with Crippen LogP contribution in [0.2, 0.25) is 5.02 Å². The number of primary amides is 1. The Hall–Kier alpha value is -2.27. The van der Waals surface area contributed by atoms with E-state index in [1.54, 1.807) is 18.5 Å². The maximum atomic E-state index is 11.5. The van der Waals surface area contributed by atoms with E-state index in [4.69, 9.17) is 23.1 Å². The van der Waals surface area contributed by atoms with Crippen LogP contribution in [-0.2, 0) is 6.54 Å². The number of pyridine rings is 1. The lowest BCUT2D eigenvalue weighted by molar-refractivity contribution is 0.100. The van der Waals surface area contributed by atoms with Crippen molar-refractivity contribution >= 4 is 28.9 Å². The van der Waals surface area contributed by atoms with Crippen LogP contribution < -0.4 is 16.8 Å². The summed E-state index contributed by atoms with van der Waals surface area (Å²) >= 11 is 6.12. The first-order chi connectivity index (χ1) is 9.49. The molecule has 2 rings (SSSR count). The van der Waals surface area contributed by atoms with Crippen LogP contribution in [0.15, 0.2) is 30.6 Å². The summed E-state index contributed by atoms with van der Waals surface area (Å²) in [6, 6.07) is 4.99. The standard InChI is InChI=1S/C14H15ClN4O/c1-8-6-18-3-2-9(8)7-19-13-11(14(17)20)4-10(16)5-12(13)15/h2-6,19H,7,16H2,1H3,(H2,17,20). The summed E-state index contributed by atoms with van der Waals surface area (Å²) in [7, 11) is 0. The first-order valence-electron chi connectivity index (χ1n) is 6.01. The summed E-state index contributed by atoms with van der Waals surface area (Å²) in [5.41, 5.74) is 14.3. The maximum Gasteiger partial charge on any atom is 0.250 e. The number of hydrogen-bond acceptors (Lipinski definition) is 4. The van der Waals surface area contributed by atoms with E-state index >= 15 is 0 Å². The highest BCUT2D eigenvalue weighted by atomic mass is 35.5.